The zero-order valence-electron chi connectivity index (χ0n) is 11.8. The fraction of sp³-hybridized carbons (Fsp3) is 0.0588. The molecule has 1 aromatic heterocycles. The lowest BCUT2D eigenvalue weighted by atomic mass is 10.1. The van der Waals surface area contributed by atoms with Crippen LogP contribution in [0.4, 0.5) is 5.13 Å². The first-order chi connectivity index (χ1) is 10.6. The molecule has 1 amide bonds. The Kier molecular flexibility index (Phi) is 4.36. The number of rotatable bonds is 3. The zero-order valence-corrected chi connectivity index (χ0v) is 14.2. The first-order valence-electron chi connectivity index (χ1n) is 6.72. The molecule has 0 atom stereocenters. The molecule has 0 spiro atoms. The van der Waals surface area contributed by atoms with Crippen LogP contribution in [-0.2, 0) is 0 Å². The van der Waals surface area contributed by atoms with E-state index in [1.165, 1.54) is 11.3 Å². The van der Waals surface area contributed by atoms with Crippen molar-refractivity contribution in [3.63, 3.8) is 0 Å². The molecule has 0 saturated carbocycles. The third-order valence-electron chi connectivity index (χ3n) is 3.24. The van der Waals surface area contributed by atoms with Gasteiger partial charge in [0.25, 0.3) is 5.91 Å². The lowest BCUT2D eigenvalue weighted by Crippen LogP contribution is -2.12. The Morgan fingerprint density at radius 2 is 1.86 bits per heavy atom. The predicted octanol–water partition coefficient (Wildman–Crippen LogP) is 5.13. The molecule has 0 fully saturated rings. The molecule has 0 bridgehead atoms. The van der Waals surface area contributed by atoms with Gasteiger partial charge in [-0.25, -0.2) is 4.98 Å². The number of anilines is 1. The average molecular weight is 373 g/mol. The first-order valence-corrected chi connectivity index (χ1v) is 8.33. The van der Waals surface area contributed by atoms with Gasteiger partial charge in [-0.2, -0.15) is 0 Å². The van der Waals surface area contributed by atoms with Crippen molar-refractivity contribution in [1.29, 1.82) is 0 Å². The van der Waals surface area contributed by atoms with Crippen LogP contribution in [0.15, 0.2) is 59.2 Å². The Hall–Kier alpha value is -1.98. The molecule has 1 N–H and O–H groups in total. The van der Waals surface area contributed by atoms with Crippen LogP contribution < -0.4 is 5.32 Å². The van der Waals surface area contributed by atoms with Crippen LogP contribution in [0.5, 0.6) is 0 Å². The third-order valence-corrected chi connectivity index (χ3v) is 4.74. The van der Waals surface area contributed by atoms with Gasteiger partial charge in [0.05, 0.1) is 4.88 Å². The number of thiazole rings is 1. The summed E-state index contributed by atoms with van der Waals surface area (Å²) in [4.78, 5) is 17.6. The van der Waals surface area contributed by atoms with E-state index in [1.54, 1.807) is 6.20 Å². The maximum Gasteiger partial charge on any atom is 0.257 e. The number of aryl methyl sites for hydroxylation is 1. The van der Waals surface area contributed by atoms with E-state index in [0.717, 1.165) is 20.5 Å². The molecule has 5 heteroatoms. The number of nitrogens with zero attached hydrogens (tertiary/aromatic N) is 1. The molecule has 0 aliphatic heterocycles. The molecule has 0 saturated heterocycles. The van der Waals surface area contributed by atoms with Crippen LogP contribution in [0.2, 0.25) is 0 Å². The van der Waals surface area contributed by atoms with Crippen molar-refractivity contribution in [1.82, 2.24) is 4.98 Å². The van der Waals surface area contributed by atoms with Gasteiger partial charge in [-0.3, -0.25) is 10.1 Å². The van der Waals surface area contributed by atoms with Crippen molar-refractivity contribution in [3.05, 3.63) is 70.3 Å². The van der Waals surface area contributed by atoms with Crippen LogP contribution in [0.25, 0.3) is 10.4 Å². The van der Waals surface area contributed by atoms with E-state index in [1.807, 2.05) is 55.5 Å². The van der Waals surface area contributed by atoms with E-state index >= 15 is 0 Å². The molecular formula is C17H13BrN2OS. The SMILES string of the molecule is Cc1ccccc1C(=O)Nc1ncc(-c2ccc(Br)cc2)s1. The number of hydrogen-bond acceptors (Lipinski definition) is 3. The van der Waals surface area contributed by atoms with Crippen molar-refractivity contribution in [2.75, 3.05) is 5.32 Å². The van der Waals surface area contributed by atoms with Crippen LogP contribution >= 0.6 is 27.3 Å². The molecule has 1 heterocycles. The molecule has 3 rings (SSSR count). The fourth-order valence-corrected chi connectivity index (χ4v) is 3.15. The Bertz CT molecular complexity index is 812. The van der Waals surface area contributed by atoms with Crippen molar-refractivity contribution in [3.8, 4) is 10.4 Å². The van der Waals surface area contributed by atoms with Gasteiger partial charge in [-0.1, -0.05) is 57.6 Å². The van der Waals surface area contributed by atoms with Crippen molar-refractivity contribution >= 4 is 38.3 Å². The summed E-state index contributed by atoms with van der Waals surface area (Å²) in [6.45, 7) is 1.92. The minimum atomic E-state index is -0.130. The summed E-state index contributed by atoms with van der Waals surface area (Å²) in [6, 6.07) is 15.5. The summed E-state index contributed by atoms with van der Waals surface area (Å²) < 4.78 is 1.04. The maximum absolute atomic E-state index is 12.3. The second kappa shape index (κ2) is 6.42. The van der Waals surface area contributed by atoms with Gasteiger partial charge in [0.15, 0.2) is 5.13 Å². The Balaban J connectivity index is 1.78. The summed E-state index contributed by atoms with van der Waals surface area (Å²) in [5.74, 6) is -0.130. The van der Waals surface area contributed by atoms with Crippen molar-refractivity contribution in [2.24, 2.45) is 0 Å². The summed E-state index contributed by atoms with van der Waals surface area (Å²) in [6.07, 6.45) is 1.78. The van der Waals surface area contributed by atoms with E-state index in [2.05, 4.69) is 26.2 Å². The highest BCUT2D eigenvalue weighted by Crippen LogP contribution is 2.30. The number of benzene rings is 2. The van der Waals surface area contributed by atoms with E-state index < -0.39 is 0 Å². The average Bonchev–Trinajstić information content (AvgIpc) is 2.97. The number of carbonyl (C=O) groups is 1. The van der Waals surface area contributed by atoms with Crippen molar-refractivity contribution < 1.29 is 4.79 Å². The lowest BCUT2D eigenvalue weighted by Gasteiger charge is -2.04. The van der Waals surface area contributed by atoms with Crippen molar-refractivity contribution in [2.45, 2.75) is 6.92 Å². The predicted molar refractivity (Wildman–Crippen MR) is 94.4 cm³/mol. The second-order valence-corrected chi connectivity index (χ2v) is 6.75. The highest BCUT2D eigenvalue weighted by molar-refractivity contribution is 9.10. The summed E-state index contributed by atoms with van der Waals surface area (Å²) in [5.41, 5.74) is 2.70. The number of nitrogens with one attached hydrogen (secondary N) is 1. The Morgan fingerprint density at radius 1 is 1.14 bits per heavy atom. The topological polar surface area (TPSA) is 42.0 Å². The van der Waals surface area contributed by atoms with Gasteiger partial charge in [0.1, 0.15) is 0 Å². The van der Waals surface area contributed by atoms with Gasteiger partial charge in [-0.05, 0) is 36.2 Å². The van der Waals surface area contributed by atoms with Crippen LogP contribution in [0.1, 0.15) is 15.9 Å². The molecule has 110 valence electrons. The van der Waals surface area contributed by atoms with Gasteiger partial charge in [-0.15, -0.1) is 0 Å². The van der Waals surface area contributed by atoms with Gasteiger partial charge >= 0.3 is 0 Å². The molecule has 0 aliphatic rings. The number of amides is 1. The molecule has 3 aromatic rings. The fourth-order valence-electron chi connectivity index (χ4n) is 2.07. The normalized spacial score (nSPS) is 10.5. The number of halogens is 1. The minimum Gasteiger partial charge on any atom is -0.298 e. The summed E-state index contributed by atoms with van der Waals surface area (Å²) in [5, 5.41) is 3.46. The minimum absolute atomic E-state index is 0.130. The smallest absolute Gasteiger partial charge is 0.257 e. The zero-order chi connectivity index (χ0) is 15.5. The molecule has 2 aromatic carbocycles. The van der Waals surface area contributed by atoms with Gasteiger partial charge < -0.3 is 0 Å². The van der Waals surface area contributed by atoms with Crippen LogP contribution in [-0.4, -0.2) is 10.9 Å². The number of aromatic nitrogens is 1. The van der Waals surface area contributed by atoms with E-state index in [0.29, 0.717) is 10.7 Å². The highest BCUT2D eigenvalue weighted by Gasteiger charge is 2.11. The number of carbonyl (C=O) groups excluding carboxylic acids is 1. The van der Waals surface area contributed by atoms with Gasteiger partial charge in [0, 0.05) is 16.2 Å². The largest absolute Gasteiger partial charge is 0.298 e. The molecule has 22 heavy (non-hydrogen) atoms. The van der Waals surface area contributed by atoms with E-state index in [-0.39, 0.29) is 5.91 Å². The standard InChI is InChI=1S/C17H13BrN2OS/c1-11-4-2-3-5-14(11)16(21)20-17-19-10-15(22-17)12-6-8-13(18)9-7-12/h2-10H,1H3,(H,19,20,21). The molecule has 0 unspecified atom stereocenters. The first kappa shape index (κ1) is 14.9. The van der Waals surface area contributed by atoms with Gasteiger partial charge in [0.2, 0.25) is 0 Å². The highest BCUT2D eigenvalue weighted by atomic mass is 79.9. The van der Waals surface area contributed by atoms with Crippen LogP contribution in [0, 0.1) is 6.92 Å². The Morgan fingerprint density at radius 3 is 2.59 bits per heavy atom. The summed E-state index contributed by atoms with van der Waals surface area (Å²) >= 11 is 4.88. The van der Waals surface area contributed by atoms with E-state index in [9.17, 15) is 4.79 Å². The summed E-state index contributed by atoms with van der Waals surface area (Å²) in [7, 11) is 0. The maximum atomic E-state index is 12.3. The molecule has 3 nitrogen and oxygen atoms in total. The second-order valence-electron chi connectivity index (χ2n) is 4.81. The monoisotopic (exact) mass is 372 g/mol. The third kappa shape index (κ3) is 3.26. The lowest BCUT2D eigenvalue weighted by molar-refractivity contribution is 0.102. The van der Waals surface area contributed by atoms with E-state index in [4.69, 9.17) is 0 Å². The molecule has 0 radical (unpaired) electrons. The molecular weight excluding hydrogens is 360 g/mol. The quantitative estimate of drug-likeness (QED) is 0.691. The number of hydrogen-bond donors (Lipinski definition) is 1. The Labute approximate surface area is 141 Å². The molecule has 0 aliphatic carbocycles. The van der Waals surface area contributed by atoms with Crippen LogP contribution in [0.3, 0.4) is 0 Å².